The number of nitrogens with zero attached hydrogens (tertiary/aromatic N) is 1. The van der Waals surface area contributed by atoms with Gasteiger partial charge in [0.15, 0.2) is 0 Å². The SMILES string of the molecule is O=C(O)C[C@H](NC(=O)c1cscn1)c1ccc(Cl)s1. The number of carbonyl (C=O) groups is 2. The highest BCUT2D eigenvalue weighted by Gasteiger charge is 2.21. The average molecular weight is 317 g/mol. The van der Waals surface area contributed by atoms with E-state index in [9.17, 15) is 9.59 Å². The zero-order chi connectivity index (χ0) is 13.8. The van der Waals surface area contributed by atoms with E-state index >= 15 is 0 Å². The molecule has 0 aromatic carbocycles. The minimum absolute atomic E-state index is 0.202. The molecule has 2 aromatic heterocycles. The molecule has 19 heavy (non-hydrogen) atoms. The Morgan fingerprint density at radius 1 is 1.47 bits per heavy atom. The Labute approximate surface area is 121 Å². The van der Waals surface area contributed by atoms with Gasteiger partial charge < -0.3 is 10.4 Å². The van der Waals surface area contributed by atoms with E-state index < -0.39 is 17.9 Å². The quantitative estimate of drug-likeness (QED) is 0.889. The Morgan fingerprint density at radius 3 is 2.79 bits per heavy atom. The van der Waals surface area contributed by atoms with Crippen LogP contribution in [-0.2, 0) is 4.79 Å². The molecule has 0 fully saturated rings. The van der Waals surface area contributed by atoms with Crippen LogP contribution < -0.4 is 5.32 Å². The Bertz CT molecular complexity index is 583. The van der Waals surface area contributed by atoms with Crippen LogP contribution >= 0.6 is 34.3 Å². The largest absolute Gasteiger partial charge is 0.481 e. The number of carboxylic acid groups (broad SMARTS) is 1. The van der Waals surface area contributed by atoms with Crippen molar-refractivity contribution in [3.8, 4) is 0 Å². The normalized spacial score (nSPS) is 12.1. The summed E-state index contributed by atoms with van der Waals surface area (Å²) in [5.74, 6) is -1.38. The van der Waals surface area contributed by atoms with Gasteiger partial charge in [-0.25, -0.2) is 4.98 Å². The first-order valence-electron chi connectivity index (χ1n) is 5.22. The van der Waals surface area contributed by atoms with Crippen LogP contribution in [0.3, 0.4) is 0 Å². The molecule has 0 aliphatic heterocycles. The molecule has 2 N–H and O–H groups in total. The smallest absolute Gasteiger partial charge is 0.305 e. The van der Waals surface area contributed by atoms with E-state index in [1.165, 1.54) is 22.7 Å². The lowest BCUT2D eigenvalue weighted by molar-refractivity contribution is -0.137. The summed E-state index contributed by atoms with van der Waals surface area (Å²) in [4.78, 5) is 27.3. The predicted molar refractivity (Wildman–Crippen MR) is 73.9 cm³/mol. The van der Waals surface area contributed by atoms with Crippen molar-refractivity contribution < 1.29 is 14.7 Å². The third-order valence-corrected chi connectivity index (χ3v) is 4.22. The first-order valence-corrected chi connectivity index (χ1v) is 7.36. The molecule has 100 valence electrons. The molecule has 0 bridgehead atoms. The molecular weight excluding hydrogens is 308 g/mol. The molecular formula is C11H9ClN2O3S2. The van der Waals surface area contributed by atoms with Gasteiger partial charge in [0.25, 0.3) is 5.91 Å². The fraction of sp³-hybridized carbons (Fsp3) is 0.182. The zero-order valence-corrected chi connectivity index (χ0v) is 11.9. The number of aliphatic carboxylic acids is 1. The number of nitrogens with one attached hydrogen (secondary N) is 1. The molecule has 1 amide bonds. The molecule has 2 aromatic rings. The predicted octanol–water partition coefficient (Wildman–Crippen LogP) is 2.80. The first-order chi connectivity index (χ1) is 9.06. The van der Waals surface area contributed by atoms with Gasteiger partial charge in [0.05, 0.1) is 22.3 Å². The second kappa shape index (κ2) is 6.14. The minimum Gasteiger partial charge on any atom is -0.481 e. The summed E-state index contributed by atoms with van der Waals surface area (Å²) in [6.07, 6.45) is -0.202. The van der Waals surface area contributed by atoms with Crippen molar-refractivity contribution in [1.82, 2.24) is 10.3 Å². The number of halogens is 1. The van der Waals surface area contributed by atoms with Crippen molar-refractivity contribution in [2.24, 2.45) is 0 Å². The molecule has 2 heterocycles. The minimum atomic E-state index is -0.992. The lowest BCUT2D eigenvalue weighted by atomic mass is 10.1. The van der Waals surface area contributed by atoms with Crippen LogP contribution in [0, 0.1) is 0 Å². The van der Waals surface area contributed by atoms with Crippen molar-refractivity contribution in [3.05, 3.63) is 37.9 Å². The summed E-state index contributed by atoms with van der Waals surface area (Å²) >= 11 is 8.37. The van der Waals surface area contributed by atoms with Gasteiger partial charge in [0.2, 0.25) is 0 Å². The highest BCUT2D eigenvalue weighted by Crippen LogP contribution is 2.29. The number of aromatic nitrogens is 1. The third-order valence-electron chi connectivity index (χ3n) is 2.29. The Hall–Kier alpha value is -1.44. The highest BCUT2D eigenvalue weighted by atomic mass is 35.5. The number of carboxylic acids is 1. The number of thiophene rings is 1. The highest BCUT2D eigenvalue weighted by molar-refractivity contribution is 7.16. The fourth-order valence-corrected chi connectivity index (χ4v) is 3.11. The number of thiazole rings is 1. The molecule has 5 nitrogen and oxygen atoms in total. The topological polar surface area (TPSA) is 79.3 Å². The lowest BCUT2D eigenvalue weighted by Crippen LogP contribution is -2.29. The van der Waals surface area contributed by atoms with Gasteiger partial charge in [-0.1, -0.05) is 11.6 Å². The number of amides is 1. The average Bonchev–Trinajstić information content (AvgIpc) is 2.97. The first kappa shape index (κ1) is 14.0. The molecule has 8 heteroatoms. The second-order valence-electron chi connectivity index (χ2n) is 3.64. The Kier molecular flexibility index (Phi) is 4.52. The molecule has 0 aliphatic carbocycles. The molecule has 0 spiro atoms. The summed E-state index contributed by atoms with van der Waals surface area (Å²) in [5.41, 5.74) is 1.83. The molecule has 0 saturated heterocycles. The van der Waals surface area contributed by atoms with Crippen LogP contribution in [0.4, 0.5) is 0 Å². The monoisotopic (exact) mass is 316 g/mol. The van der Waals surface area contributed by atoms with Crippen molar-refractivity contribution in [3.63, 3.8) is 0 Å². The van der Waals surface area contributed by atoms with Crippen LogP contribution in [0.2, 0.25) is 4.34 Å². The van der Waals surface area contributed by atoms with Gasteiger partial charge in [0.1, 0.15) is 5.69 Å². The van der Waals surface area contributed by atoms with Gasteiger partial charge in [-0.15, -0.1) is 22.7 Å². The summed E-state index contributed by atoms with van der Waals surface area (Å²) in [5, 5.41) is 13.2. The molecule has 0 radical (unpaired) electrons. The van der Waals surface area contributed by atoms with Crippen molar-refractivity contribution in [2.45, 2.75) is 12.5 Å². The molecule has 0 aliphatic rings. The van der Waals surface area contributed by atoms with Crippen molar-refractivity contribution in [2.75, 3.05) is 0 Å². The summed E-state index contributed by atoms with van der Waals surface area (Å²) in [6, 6.07) is 2.78. The van der Waals surface area contributed by atoms with Crippen LogP contribution in [0.1, 0.15) is 27.8 Å². The number of carbonyl (C=O) groups excluding carboxylic acids is 1. The number of hydrogen-bond donors (Lipinski definition) is 2. The van der Waals surface area contributed by atoms with Crippen LogP contribution in [0.25, 0.3) is 0 Å². The van der Waals surface area contributed by atoms with Gasteiger partial charge in [-0.2, -0.15) is 0 Å². The summed E-state index contributed by atoms with van der Waals surface area (Å²) in [7, 11) is 0. The second-order valence-corrected chi connectivity index (χ2v) is 6.10. The maximum atomic E-state index is 11.9. The van der Waals surface area contributed by atoms with Crippen LogP contribution in [0.15, 0.2) is 23.0 Å². The van der Waals surface area contributed by atoms with E-state index in [1.807, 2.05) is 0 Å². The fourth-order valence-electron chi connectivity index (χ4n) is 1.47. The van der Waals surface area contributed by atoms with E-state index in [0.717, 1.165) is 0 Å². The maximum absolute atomic E-state index is 11.9. The van der Waals surface area contributed by atoms with E-state index in [4.69, 9.17) is 16.7 Å². The van der Waals surface area contributed by atoms with Gasteiger partial charge in [-0.05, 0) is 12.1 Å². The molecule has 0 saturated carbocycles. The van der Waals surface area contributed by atoms with Gasteiger partial charge in [0, 0.05) is 10.3 Å². The Morgan fingerprint density at radius 2 is 2.26 bits per heavy atom. The van der Waals surface area contributed by atoms with Gasteiger partial charge >= 0.3 is 5.97 Å². The third kappa shape index (κ3) is 3.76. The van der Waals surface area contributed by atoms with E-state index in [0.29, 0.717) is 9.21 Å². The van der Waals surface area contributed by atoms with E-state index in [2.05, 4.69) is 10.3 Å². The summed E-state index contributed by atoms with van der Waals surface area (Å²) in [6.45, 7) is 0. The van der Waals surface area contributed by atoms with Gasteiger partial charge in [-0.3, -0.25) is 9.59 Å². The molecule has 1 atom stereocenters. The van der Waals surface area contributed by atoms with Crippen molar-refractivity contribution in [1.29, 1.82) is 0 Å². The maximum Gasteiger partial charge on any atom is 0.305 e. The Balaban J connectivity index is 2.14. The molecule has 2 rings (SSSR count). The van der Waals surface area contributed by atoms with Crippen molar-refractivity contribution >= 4 is 46.2 Å². The van der Waals surface area contributed by atoms with E-state index in [-0.39, 0.29) is 12.1 Å². The number of rotatable bonds is 5. The number of hydrogen-bond acceptors (Lipinski definition) is 5. The van der Waals surface area contributed by atoms with Crippen LogP contribution in [0.5, 0.6) is 0 Å². The zero-order valence-electron chi connectivity index (χ0n) is 9.50. The molecule has 0 unspecified atom stereocenters. The lowest BCUT2D eigenvalue weighted by Gasteiger charge is -2.14. The summed E-state index contributed by atoms with van der Waals surface area (Å²) < 4.78 is 0.549. The van der Waals surface area contributed by atoms with E-state index in [1.54, 1.807) is 23.0 Å². The van der Waals surface area contributed by atoms with Crippen LogP contribution in [-0.4, -0.2) is 22.0 Å². The standard InChI is InChI=1S/C11H9ClN2O3S2/c12-9-2-1-8(19-9)6(3-10(15)16)14-11(17)7-4-18-5-13-7/h1-2,4-6H,3H2,(H,14,17)(H,15,16)/t6-/m0/s1.